The molecule has 1 aromatic carbocycles. The van der Waals surface area contributed by atoms with Gasteiger partial charge >= 0.3 is 6.18 Å². The zero-order valence-corrected chi connectivity index (χ0v) is 7.44. The fourth-order valence-corrected chi connectivity index (χ4v) is 1.59. The Bertz CT molecular complexity index is 468. The second-order valence-corrected chi connectivity index (χ2v) is 3.17. The van der Waals surface area contributed by atoms with Crippen molar-refractivity contribution in [1.29, 1.82) is 0 Å². The summed E-state index contributed by atoms with van der Waals surface area (Å²) >= 11 is 0. The van der Waals surface area contributed by atoms with Crippen LogP contribution in [0.25, 0.3) is 10.9 Å². The van der Waals surface area contributed by atoms with E-state index in [2.05, 4.69) is 4.98 Å². The Morgan fingerprint density at radius 1 is 1.14 bits per heavy atom. The number of aromatic amines is 1. The van der Waals surface area contributed by atoms with Crippen LogP contribution in [0.1, 0.15) is 11.1 Å². The van der Waals surface area contributed by atoms with Crippen LogP contribution in [0.4, 0.5) is 13.2 Å². The Hall–Kier alpha value is -1.45. The van der Waals surface area contributed by atoms with Crippen LogP contribution in [0.2, 0.25) is 0 Å². The molecule has 2 aromatic rings. The van der Waals surface area contributed by atoms with E-state index in [9.17, 15) is 13.2 Å². The molecule has 0 spiro atoms. The summed E-state index contributed by atoms with van der Waals surface area (Å²) in [5, 5.41) is 0.625. The highest BCUT2D eigenvalue weighted by atomic mass is 19.4. The number of aryl methyl sites for hydroxylation is 1. The SMILES string of the molecule is Cc1c(C(F)(F)F)ccc2[nH]ccc12. The van der Waals surface area contributed by atoms with Gasteiger partial charge in [-0.25, -0.2) is 0 Å². The summed E-state index contributed by atoms with van der Waals surface area (Å²) in [4.78, 5) is 2.87. The first kappa shape index (κ1) is 9.12. The van der Waals surface area contributed by atoms with E-state index in [1.165, 1.54) is 13.0 Å². The summed E-state index contributed by atoms with van der Waals surface area (Å²) in [6.07, 6.45) is -2.63. The van der Waals surface area contributed by atoms with Crippen LogP contribution in [-0.4, -0.2) is 4.98 Å². The average Bonchev–Trinajstić information content (AvgIpc) is 2.50. The first-order valence-corrected chi connectivity index (χ1v) is 4.14. The molecule has 0 aliphatic carbocycles. The third-order valence-electron chi connectivity index (χ3n) is 2.31. The highest BCUT2D eigenvalue weighted by Crippen LogP contribution is 2.34. The molecule has 0 radical (unpaired) electrons. The number of aromatic nitrogens is 1. The van der Waals surface area contributed by atoms with Crippen molar-refractivity contribution in [3.63, 3.8) is 0 Å². The van der Waals surface area contributed by atoms with Gasteiger partial charge < -0.3 is 4.98 Å². The predicted molar refractivity (Wildman–Crippen MR) is 48.0 cm³/mol. The van der Waals surface area contributed by atoms with Gasteiger partial charge in [-0.3, -0.25) is 0 Å². The maximum Gasteiger partial charge on any atom is 0.416 e. The lowest BCUT2D eigenvalue weighted by molar-refractivity contribution is -0.137. The fraction of sp³-hybridized carbons (Fsp3) is 0.200. The molecule has 0 atom stereocenters. The van der Waals surface area contributed by atoms with Crippen LogP contribution in [0.15, 0.2) is 24.4 Å². The maximum absolute atomic E-state index is 12.5. The molecule has 1 N–H and O–H groups in total. The van der Waals surface area contributed by atoms with E-state index < -0.39 is 11.7 Å². The van der Waals surface area contributed by atoms with Gasteiger partial charge in [0.2, 0.25) is 0 Å². The van der Waals surface area contributed by atoms with Crippen LogP contribution in [0, 0.1) is 6.92 Å². The van der Waals surface area contributed by atoms with Crippen molar-refractivity contribution in [3.8, 4) is 0 Å². The van der Waals surface area contributed by atoms with Gasteiger partial charge in [-0.05, 0) is 30.7 Å². The number of H-pyrrole nitrogens is 1. The third kappa shape index (κ3) is 1.27. The second kappa shape index (κ2) is 2.77. The largest absolute Gasteiger partial charge is 0.416 e. The van der Waals surface area contributed by atoms with Crippen LogP contribution < -0.4 is 0 Å². The van der Waals surface area contributed by atoms with E-state index in [-0.39, 0.29) is 5.56 Å². The molecule has 0 aliphatic heterocycles. The molecule has 1 aromatic heterocycles. The van der Waals surface area contributed by atoms with Crippen LogP contribution in [-0.2, 0) is 6.18 Å². The summed E-state index contributed by atoms with van der Waals surface area (Å²) in [5.74, 6) is 0. The normalized spacial score (nSPS) is 12.3. The van der Waals surface area contributed by atoms with Gasteiger partial charge in [0.1, 0.15) is 0 Å². The Morgan fingerprint density at radius 3 is 2.50 bits per heavy atom. The zero-order chi connectivity index (χ0) is 10.3. The number of alkyl halides is 3. The van der Waals surface area contributed by atoms with E-state index >= 15 is 0 Å². The van der Waals surface area contributed by atoms with Gasteiger partial charge in [-0.2, -0.15) is 13.2 Å². The lowest BCUT2D eigenvalue weighted by Crippen LogP contribution is -2.07. The Balaban J connectivity index is 2.74. The van der Waals surface area contributed by atoms with Crippen molar-refractivity contribution in [3.05, 3.63) is 35.5 Å². The molecule has 0 fully saturated rings. The molecule has 0 amide bonds. The first-order chi connectivity index (χ1) is 6.50. The standard InChI is InChI=1S/C10H8F3N/c1-6-7-4-5-14-9(7)3-2-8(6)10(11,12)13/h2-5,14H,1H3. The van der Waals surface area contributed by atoms with E-state index in [4.69, 9.17) is 0 Å². The van der Waals surface area contributed by atoms with Crippen molar-refractivity contribution in [1.82, 2.24) is 4.98 Å². The van der Waals surface area contributed by atoms with Crippen molar-refractivity contribution in [2.24, 2.45) is 0 Å². The molecular formula is C10H8F3N. The van der Waals surface area contributed by atoms with Gasteiger partial charge in [-0.15, -0.1) is 0 Å². The van der Waals surface area contributed by atoms with Crippen LogP contribution >= 0.6 is 0 Å². The number of hydrogen-bond donors (Lipinski definition) is 1. The molecule has 14 heavy (non-hydrogen) atoms. The molecule has 74 valence electrons. The molecule has 0 saturated heterocycles. The molecule has 0 saturated carbocycles. The van der Waals surface area contributed by atoms with Crippen molar-refractivity contribution >= 4 is 10.9 Å². The summed E-state index contributed by atoms with van der Waals surface area (Å²) in [7, 11) is 0. The monoisotopic (exact) mass is 199 g/mol. The van der Waals surface area contributed by atoms with Gasteiger partial charge in [0, 0.05) is 17.1 Å². The van der Waals surface area contributed by atoms with E-state index in [1.807, 2.05) is 0 Å². The van der Waals surface area contributed by atoms with Gasteiger partial charge in [0.15, 0.2) is 0 Å². The summed E-state index contributed by atoms with van der Waals surface area (Å²) in [5.41, 5.74) is 0.441. The smallest absolute Gasteiger partial charge is 0.361 e. The van der Waals surface area contributed by atoms with Crippen molar-refractivity contribution < 1.29 is 13.2 Å². The van der Waals surface area contributed by atoms with Gasteiger partial charge in [-0.1, -0.05) is 0 Å². The van der Waals surface area contributed by atoms with Crippen molar-refractivity contribution in [2.45, 2.75) is 13.1 Å². The van der Waals surface area contributed by atoms with Crippen LogP contribution in [0.3, 0.4) is 0 Å². The minimum Gasteiger partial charge on any atom is -0.361 e. The molecule has 0 aliphatic rings. The summed E-state index contributed by atoms with van der Waals surface area (Å²) in [6, 6.07) is 4.21. The topological polar surface area (TPSA) is 15.8 Å². The zero-order valence-electron chi connectivity index (χ0n) is 7.44. The van der Waals surface area contributed by atoms with E-state index in [1.54, 1.807) is 12.3 Å². The predicted octanol–water partition coefficient (Wildman–Crippen LogP) is 3.50. The molecule has 0 unspecified atom stereocenters. The first-order valence-electron chi connectivity index (χ1n) is 4.14. The third-order valence-corrected chi connectivity index (χ3v) is 2.31. The minimum absolute atomic E-state index is 0.274. The number of fused-ring (bicyclic) bond motifs is 1. The Labute approximate surface area is 78.5 Å². The molecule has 1 nitrogen and oxygen atoms in total. The second-order valence-electron chi connectivity index (χ2n) is 3.17. The number of rotatable bonds is 0. The fourth-order valence-electron chi connectivity index (χ4n) is 1.59. The van der Waals surface area contributed by atoms with Crippen LogP contribution in [0.5, 0.6) is 0 Å². The molecule has 4 heteroatoms. The number of nitrogens with one attached hydrogen (secondary N) is 1. The summed E-state index contributed by atoms with van der Waals surface area (Å²) in [6.45, 7) is 1.49. The van der Waals surface area contributed by atoms with E-state index in [0.717, 1.165) is 11.6 Å². The Kier molecular flexibility index (Phi) is 1.80. The summed E-state index contributed by atoms with van der Waals surface area (Å²) < 4.78 is 37.4. The minimum atomic E-state index is -4.27. The molecular weight excluding hydrogens is 191 g/mol. The number of hydrogen-bond acceptors (Lipinski definition) is 0. The highest BCUT2D eigenvalue weighted by molar-refractivity contribution is 5.84. The molecule has 1 heterocycles. The molecule has 2 rings (SSSR count). The lowest BCUT2D eigenvalue weighted by Gasteiger charge is -2.10. The maximum atomic E-state index is 12.5. The number of halogens is 3. The molecule has 0 bridgehead atoms. The highest BCUT2D eigenvalue weighted by Gasteiger charge is 2.32. The van der Waals surface area contributed by atoms with Gasteiger partial charge in [0.25, 0.3) is 0 Å². The average molecular weight is 199 g/mol. The van der Waals surface area contributed by atoms with E-state index in [0.29, 0.717) is 5.39 Å². The number of benzene rings is 1. The lowest BCUT2D eigenvalue weighted by atomic mass is 10.0. The quantitative estimate of drug-likeness (QED) is 0.668. The van der Waals surface area contributed by atoms with Crippen molar-refractivity contribution in [2.75, 3.05) is 0 Å². The van der Waals surface area contributed by atoms with Gasteiger partial charge in [0.05, 0.1) is 5.56 Å². The Morgan fingerprint density at radius 2 is 1.86 bits per heavy atom.